The molecule has 5 rings (SSSR count). The van der Waals surface area contributed by atoms with E-state index in [0.717, 1.165) is 71.0 Å². The van der Waals surface area contributed by atoms with E-state index < -0.39 is 0 Å². The number of aromatic nitrogens is 2. The Morgan fingerprint density at radius 3 is 2.68 bits per heavy atom. The van der Waals surface area contributed by atoms with Crippen LogP contribution in [0.25, 0.3) is 23.1 Å². The lowest BCUT2D eigenvalue weighted by atomic mass is 10.1. The molecule has 0 saturated carbocycles. The fourth-order valence-electron chi connectivity index (χ4n) is 4.67. The smallest absolute Gasteiger partial charge is 0.229 e. The van der Waals surface area contributed by atoms with Crippen molar-refractivity contribution in [2.75, 3.05) is 31.5 Å². The van der Waals surface area contributed by atoms with Crippen molar-refractivity contribution in [3.05, 3.63) is 81.2 Å². The lowest BCUT2D eigenvalue weighted by Gasteiger charge is -2.34. The van der Waals surface area contributed by atoms with Crippen LogP contribution in [-0.4, -0.2) is 58.0 Å². The molecule has 190 valence electrons. The Balaban J connectivity index is 1.27. The molecule has 2 aromatic heterocycles. The molecule has 2 aromatic carbocycles. The van der Waals surface area contributed by atoms with Gasteiger partial charge in [0.2, 0.25) is 11.8 Å². The molecule has 0 aliphatic carbocycles. The first-order valence-corrected chi connectivity index (χ1v) is 13.4. The van der Waals surface area contributed by atoms with Crippen LogP contribution in [0.4, 0.5) is 5.69 Å². The van der Waals surface area contributed by atoms with Crippen LogP contribution >= 0.6 is 11.3 Å². The van der Waals surface area contributed by atoms with E-state index in [-0.39, 0.29) is 11.8 Å². The summed E-state index contributed by atoms with van der Waals surface area (Å²) in [4.78, 5) is 29.5. The van der Waals surface area contributed by atoms with Gasteiger partial charge in [-0.25, -0.2) is 0 Å². The monoisotopic (exact) mass is 513 g/mol. The minimum Gasteiger partial charge on any atom is -0.340 e. The van der Waals surface area contributed by atoms with Gasteiger partial charge in [0.1, 0.15) is 0 Å². The molecule has 2 N–H and O–H groups in total. The Morgan fingerprint density at radius 1 is 1.08 bits per heavy atom. The van der Waals surface area contributed by atoms with E-state index in [1.54, 1.807) is 18.3 Å². The van der Waals surface area contributed by atoms with Crippen molar-refractivity contribution in [1.82, 2.24) is 20.0 Å². The first kappa shape index (κ1) is 24.9. The largest absolute Gasteiger partial charge is 0.340 e. The van der Waals surface area contributed by atoms with Crippen molar-refractivity contribution in [2.45, 2.75) is 26.8 Å². The number of rotatable bonds is 7. The topological polar surface area (TPSA) is 81.3 Å². The number of nitrogens with zero attached hydrogens (tertiary/aromatic N) is 3. The molecule has 8 heteroatoms. The molecule has 4 aromatic rings. The lowest BCUT2D eigenvalue weighted by molar-refractivity contribution is -0.130. The van der Waals surface area contributed by atoms with Gasteiger partial charge in [0.25, 0.3) is 0 Å². The number of carbonyl (C=O) groups is 2. The van der Waals surface area contributed by atoms with Gasteiger partial charge < -0.3 is 10.2 Å². The highest BCUT2D eigenvalue weighted by Gasteiger charge is 2.18. The second kappa shape index (κ2) is 11.1. The van der Waals surface area contributed by atoms with E-state index in [4.69, 9.17) is 0 Å². The zero-order chi connectivity index (χ0) is 25.8. The van der Waals surface area contributed by atoms with E-state index in [1.165, 1.54) is 5.56 Å². The van der Waals surface area contributed by atoms with Crippen LogP contribution in [0, 0.1) is 6.92 Å². The van der Waals surface area contributed by atoms with Gasteiger partial charge in [-0.3, -0.25) is 19.6 Å². The number of aromatic amines is 1. The number of H-pyrrole nitrogens is 1. The number of fused-ring (bicyclic) bond motifs is 1. The summed E-state index contributed by atoms with van der Waals surface area (Å²) < 4.78 is 0. The van der Waals surface area contributed by atoms with Crippen LogP contribution in [0.15, 0.2) is 53.9 Å². The minimum absolute atomic E-state index is 0.0231. The molecular weight excluding hydrogens is 482 g/mol. The number of benzene rings is 2. The molecule has 37 heavy (non-hydrogen) atoms. The quantitative estimate of drug-likeness (QED) is 0.367. The van der Waals surface area contributed by atoms with Crippen LogP contribution in [0.5, 0.6) is 0 Å². The van der Waals surface area contributed by atoms with Crippen molar-refractivity contribution in [1.29, 1.82) is 0 Å². The van der Waals surface area contributed by atoms with E-state index in [0.29, 0.717) is 6.42 Å². The van der Waals surface area contributed by atoms with Crippen molar-refractivity contribution in [3.63, 3.8) is 0 Å². The number of thiophene rings is 1. The number of carbonyl (C=O) groups excluding carboxylic acids is 2. The highest BCUT2D eigenvalue weighted by Crippen LogP contribution is 2.26. The fraction of sp³-hybridized carbons (Fsp3) is 0.276. The summed E-state index contributed by atoms with van der Waals surface area (Å²) in [6, 6.07) is 16.5. The van der Waals surface area contributed by atoms with Gasteiger partial charge >= 0.3 is 0 Å². The number of anilines is 1. The second-order valence-electron chi connectivity index (χ2n) is 9.49. The Bertz CT molecular complexity index is 1430. The van der Waals surface area contributed by atoms with Gasteiger partial charge in [0.15, 0.2) is 0 Å². The molecular formula is C29H31N5O2S. The first-order valence-electron chi connectivity index (χ1n) is 12.5. The van der Waals surface area contributed by atoms with Gasteiger partial charge in [-0.1, -0.05) is 36.4 Å². The van der Waals surface area contributed by atoms with Gasteiger partial charge in [0.05, 0.1) is 17.6 Å². The average molecular weight is 514 g/mol. The van der Waals surface area contributed by atoms with E-state index in [9.17, 15) is 9.59 Å². The summed E-state index contributed by atoms with van der Waals surface area (Å²) >= 11 is 1.59. The van der Waals surface area contributed by atoms with E-state index in [2.05, 4.69) is 50.8 Å². The zero-order valence-corrected chi connectivity index (χ0v) is 22.0. The number of hydrogen-bond acceptors (Lipinski definition) is 5. The summed E-state index contributed by atoms with van der Waals surface area (Å²) in [5.41, 5.74) is 5.91. The van der Waals surface area contributed by atoms with Crippen LogP contribution in [0.1, 0.15) is 34.2 Å². The summed E-state index contributed by atoms with van der Waals surface area (Å²) in [5, 5.41) is 13.6. The maximum Gasteiger partial charge on any atom is 0.229 e. The molecule has 3 heterocycles. The third-order valence-electron chi connectivity index (χ3n) is 6.73. The van der Waals surface area contributed by atoms with Crippen LogP contribution in [-0.2, 0) is 22.6 Å². The molecule has 7 nitrogen and oxygen atoms in total. The molecule has 1 fully saturated rings. The first-order chi connectivity index (χ1) is 17.9. The molecule has 2 amide bonds. The van der Waals surface area contributed by atoms with Gasteiger partial charge in [0, 0.05) is 55.6 Å². The maximum atomic E-state index is 12.6. The third-order valence-corrected chi connectivity index (χ3v) is 7.61. The fourth-order valence-corrected chi connectivity index (χ4v) is 5.37. The standard InChI is InChI=1S/C29H31N5O2S/c1-20-15-28-25(18-27(20)30-29(36)17-24-7-4-14-37-24)26(31-32-28)9-8-22-5-3-6-23(16-22)19-33-10-12-34(13-11-33)21(2)35/h3-9,14-16,18H,10-13,17,19H2,1-2H3,(H,30,36)(H,31,32)/b9-8+. The summed E-state index contributed by atoms with van der Waals surface area (Å²) in [6.45, 7) is 7.86. The normalized spacial score (nSPS) is 14.5. The molecule has 1 aliphatic heterocycles. The molecule has 0 radical (unpaired) electrons. The van der Waals surface area contributed by atoms with Gasteiger partial charge in [-0.05, 0) is 53.3 Å². The molecule has 1 saturated heterocycles. The molecule has 0 bridgehead atoms. The van der Waals surface area contributed by atoms with Crippen molar-refractivity contribution >= 4 is 51.9 Å². The Hall–Kier alpha value is -3.75. The van der Waals surface area contributed by atoms with Crippen LogP contribution in [0.2, 0.25) is 0 Å². The highest BCUT2D eigenvalue weighted by molar-refractivity contribution is 7.10. The Labute approximate surface area is 220 Å². The zero-order valence-electron chi connectivity index (χ0n) is 21.2. The van der Waals surface area contributed by atoms with Crippen molar-refractivity contribution < 1.29 is 9.59 Å². The number of piperazine rings is 1. The number of hydrogen-bond donors (Lipinski definition) is 2. The molecule has 0 unspecified atom stereocenters. The summed E-state index contributed by atoms with van der Waals surface area (Å²) in [5.74, 6) is 0.130. The van der Waals surface area contributed by atoms with Crippen molar-refractivity contribution in [3.8, 4) is 0 Å². The highest BCUT2D eigenvalue weighted by atomic mass is 32.1. The predicted octanol–water partition coefficient (Wildman–Crippen LogP) is 4.95. The third kappa shape index (κ3) is 6.15. The van der Waals surface area contributed by atoms with Gasteiger partial charge in [-0.2, -0.15) is 5.10 Å². The summed E-state index contributed by atoms with van der Waals surface area (Å²) in [7, 11) is 0. The van der Waals surface area contributed by atoms with Crippen LogP contribution < -0.4 is 5.32 Å². The minimum atomic E-state index is -0.0231. The van der Waals surface area contributed by atoms with Crippen molar-refractivity contribution in [2.24, 2.45) is 0 Å². The number of amides is 2. The molecule has 0 atom stereocenters. The predicted molar refractivity (Wildman–Crippen MR) is 150 cm³/mol. The summed E-state index contributed by atoms with van der Waals surface area (Å²) in [6.07, 6.45) is 4.45. The number of aryl methyl sites for hydroxylation is 1. The Kier molecular flexibility index (Phi) is 7.48. The van der Waals surface area contributed by atoms with Gasteiger partial charge in [-0.15, -0.1) is 11.3 Å². The second-order valence-corrected chi connectivity index (χ2v) is 10.5. The molecule has 0 spiro atoms. The van der Waals surface area contributed by atoms with E-state index in [1.807, 2.05) is 47.5 Å². The SMILES string of the molecule is CC(=O)N1CCN(Cc2cccc(/C=C/c3n[nH]c4cc(C)c(NC(=O)Cc5cccs5)cc34)c2)CC1. The average Bonchev–Trinajstić information content (AvgIpc) is 3.53. The lowest BCUT2D eigenvalue weighted by Crippen LogP contribution is -2.47. The van der Waals surface area contributed by atoms with E-state index >= 15 is 0 Å². The van der Waals surface area contributed by atoms with Crippen LogP contribution in [0.3, 0.4) is 0 Å². The Morgan fingerprint density at radius 2 is 1.92 bits per heavy atom. The maximum absolute atomic E-state index is 12.6. The molecule has 1 aliphatic rings. The number of nitrogens with one attached hydrogen (secondary N) is 2.